The summed E-state index contributed by atoms with van der Waals surface area (Å²) in [5, 5.41) is 0.805. The highest BCUT2D eigenvalue weighted by Gasteiger charge is 2.38. The fourth-order valence-electron chi connectivity index (χ4n) is 4.19. The third-order valence-electron chi connectivity index (χ3n) is 5.55. The van der Waals surface area contributed by atoms with Crippen molar-refractivity contribution >= 4 is 28.2 Å². The second-order valence-corrected chi connectivity index (χ2v) is 9.36. The number of ketones is 1. The molecule has 1 unspecified atom stereocenters. The van der Waals surface area contributed by atoms with Gasteiger partial charge in [-0.05, 0) is 31.1 Å². The Balaban J connectivity index is 1.59. The van der Waals surface area contributed by atoms with E-state index in [-0.39, 0.29) is 23.1 Å². The van der Waals surface area contributed by atoms with Crippen LogP contribution in [0.1, 0.15) is 54.9 Å². The maximum absolute atomic E-state index is 13.1. The summed E-state index contributed by atoms with van der Waals surface area (Å²) >= 11 is 1.46. The minimum absolute atomic E-state index is 0.0382. The summed E-state index contributed by atoms with van der Waals surface area (Å²) in [6, 6.07) is -0.322. The van der Waals surface area contributed by atoms with Crippen LogP contribution in [0.2, 0.25) is 0 Å². The van der Waals surface area contributed by atoms with Crippen LogP contribution in [0.15, 0.2) is 0 Å². The SMILES string of the molecule is CC1(C)CC(=O)c2sc(N3CCOCC3C(=O)N3CCCCC3)nc2C1. The molecule has 2 aliphatic heterocycles. The number of aromatic nitrogens is 1. The number of Topliss-reactive ketones (excluding diaryl/α,β-unsaturated/α-hetero) is 1. The summed E-state index contributed by atoms with van der Waals surface area (Å²) in [5.74, 6) is 0.330. The van der Waals surface area contributed by atoms with Gasteiger partial charge in [0.25, 0.3) is 0 Å². The summed E-state index contributed by atoms with van der Waals surface area (Å²) in [5.41, 5.74) is 0.866. The van der Waals surface area contributed by atoms with Crippen molar-refractivity contribution in [2.24, 2.45) is 5.41 Å². The smallest absolute Gasteiger partial charge is 0.247 e. The van der Waals surface area contributed by atoms with E-state index in [1.165, 1.54) is 17.8 Å². The summed E-state index contributed by atoms with van der Waals surface area (Å²) in [6.07, 6.45) is 4.75. The van der Waals surface area contributed by atoms with Gasteiger partial charge in [-0.1, -0.05) is 25.2 Å². The predicted molar refractivity (Wildman–Crippen MR) is 101 cm³/mol. The summed E-state index contributed by atoms with van der Waals surface area (Å²) in [7, 11) is 0. The van der Waals surface area contributed by atoms with Gasteiger partial charge in [-0.3, -0.25) is 9.59 Å². The molecular formula is C19H27N3O3S. The van der Waals surface area contributed by atoms with E-state index in [9.17, 15) is 9.59 Å². The van der Waals surface area contributed by atoms with Crippen molar-refractivity contribution in [3.63, 3.8) is 0 Å². The van der Waals surface area contributed by atoms with Crippen molar-refractivity contribution in [3.05, 3.63) is 10.6 Å². The van der Waals surface area contributed by atoms with Gasteiger partial charge in [-0.25, -0.2) is 4.98 Å². The van der Waals surface area contributed by atoms with E-state index in [4.69, 9.17) is 9.72 Å². The second kappa shape index (κ2) is 6.93. The molecule has 1 aromatic rings. The zero-order valence-electron chi connectivity index (χ0n) is 15.6. The third kappa shape index (κ3) is 3.39. The number of thiazole rings is 1. The Labute approximate surface area is 158 Å². The summed E-state index contributed by atoms with van der Waals surface area (Å²) in [4.78, 5) is 35.2. The number of hydrogen-bond donors (Lipinski definition) is 0. The Kier molecular flexibility index (Phi) is 4.77. The average Bonchev–Trinajstić information content (AvgIpc) is 3.05. The fourth-order valence-corrected chi connectivity index (χ4v) is 5.29. The number of morpholine rings is 1. The molecule has 7 heteroatoms. The van der Waals surface area contributed by atoms with E-state index < -0.39 is 0 Å². The van der Waals surface area contributed by atoms with E-state index in [0.29, 0.717) is 26.2 Å². The summed E-state index contributed by atoms with van der Waals surface area (Å²) < 4.78 is 5.62. The van der Waals surface area contributed by atoms with Crippen LogP contribution in [-0.2, 0) is 16.0 Å². The van der Waals surface area contributed by atoms with Crippen LogP contribution in [-0.4, -0.2) is 60.5 Å². The van der Waals surface area contributed by atoms with Gasteiger partial charge in [-0.2, -0.15) is 0 Å². The summed E-state index contributed by atoms with van der Waals surface area (Å²) in [6.45, 7) is 7.55. The van der Waals surface area contributed by atoms with Gasteiger partial charge in [0.1, 0.15) is 6.04 Å². The first-order chi connectivity index (χ1) is 12.4. The Bertz CT molecular complexity index is 709. The molecule has 3 heterocycles. The first-order valence-electron chi connectivity index (χ1n) is 9.61. The molecule has 142 valence electrons. The van der Waals surface area contributed by atoms with Crippen LogP contribution in [0.4, 0.5) is 5.13 Å². The maximum atomic E-state index is 13.1. The normalized spacial score (nSPS) is 25.9. The number of carbonyl (C=O) groups excluding carboxylic acids is 2. The van der Waals surface area contributed by atoms with Crippen molar-refractivity contribution in [3.8, 4) is 0 Å². The van der Waals surface area contributed by atoms with Crippen molar-refractivity contribution in [1.82, 2.24) is 9.88 Å². The Morgan fingerprint density at radius 3 is 2.73 bits per heavy atom. The van der Waals surface area contributed by atoms with Crippen LogP contribution >= 0.6 is 11.3 Å². The molecule has 0 bridgehead atoms. The maximum Gasteiger partial charge on any atom is 0.247 e. The number of fused-ring (bicyclic) bond motifs is 1. The molecule has 0 radical (unpaired) electrons. The van der Waals surface area contributed by atoms with E-state index in [2.05, 4.69) is 18.7 Å². The number of carbonyl (C=O) groups is 2. The zero-order chi connectivity index (χ0) is 18.3. The molecule has 1 atom stereocenters. The van der Waals surface area contributed by atoms with Crippen LogP contribution < -0.4 is 4.90 Å². The zero-order valence-corrected chi connectivity index (χ0v) is 16.4. The molecule has 2 saturated heterocycles. The number of hydrogen-bond acceptors (Lipinski definition) is 6. The van der Waals surface area contributed by atoms with Crippen molar-refractivity contribution < 1.29 is 14.3 Å². The van der Waals surface area contributed by atoms with Crippen LogP contribution in [0, 0.1) is 5.41 Å². The lowest BCUT2D eigenvalue weighted by Gasteiger charge is -2.38. The minimum atomic E-state index is -0.322. The molecule has 4 rings (SSSR count). The standard InChI is InChI=1S/C19H27N3O3S/c1-19(2)10-13-16(15(23)11-19)26-18(20-13)22-8-9-25-12-14(22)17(24)21-6-4-3-5-7-21/h14H,3-12H2,1-2H3. The lowest BCUT2D eigenvalue weighted by molar-refractivity contribution is -0.136. The largest absolute Gasteiger partial charge is 0.377 e. The van der Waals surface area contributed by atoms with Gasteiger partial charge in [0, 0.05) is 26.1 Å². The molecule has 0 N–H and O–H groups in total. The molecule has 1 aromatic heterocycles. The molecular weight excluding hydrogens is 350 g/mol. The lowest BCUT2D eigenvalue weighted by Crippen LogP contribution is -2.55. The number of anilines is 1. The van der Waals surface area contributed by atoms with E-state index >= 15 is 0 Å². The molecule has 0 spiro atoms. The molecule has 0 aromatic carbocycles. The number of piperidine rings is 1. The third-order valence-corrected chi connectivity index (χ3v) is 6.73. The highest BCUT2D eigenvalue weighted by atomic mass is 32.1. The Hall–Kier alpha value is -1.47. The molecule has 1 amide bonds. The quantitative estimate of drug-likeness (QED) is 0.792. The number of rotatable bonds is 2. The van der Waals surface area contributed by atoms with Gasteiger partial charge in [-0.15, -0.1) is 0 Å². The number of nitrogens with zero attached hydrogens (tertiary/aromatic N) is 3. The van der Waals surface area contributed by atoms with E-state index in [1.54, 1.807) is 0 Å². The topological polar surface area (TPSA) is 62.7 Å². The van der Waals surface area contributed by atoms with Crippen molar-refractivity contribution in [2.75, 3.05) is 37.7 Å². The van der Waals surface area contributed by atoms with Gasteiger partial charge in [0.05, 0.1) is 23.8 Å². The van der Waals surface area contributed by atoms with Crippen LogP contribution in [0.5, 0.6) is 0 Å². The first kappa shape index (κ1) is 17.9. The number of ether oxygens (including phenoxy) is 1. The molecule has 3 aliphatic rings. The highest BCUT2D eigenvalue weighted by Crippen LogP contribution is 2.40. The van der Waals surface area contributed by atoms with Crippen LogP contribution in [0.25, 0.3) is 0 Å². The molecule has 1 aliphatic carbocycles. The fraction of sp³-hybridized carbons (Fsp3) is 0.737. The first-order valence-corrected chi connectivity index (χ1v) is 10.4. The molecule has 26 heavy (non-hydrogen) atoms. The van der Waals surface area contributed by atoms with Crippen molar-refractivity contribution in [2.45, 2.75) is 52.0 Å². The lowest BCUT2D eigenvalue weighted by atomic mass is 9.78. The number of amides is 1. The monoisotopic (exact) mass is 377 g/mol. The second-order valence-electron chi connectivity index (χ2n) is 8.38. The molecule has 2 fully saturated rings. The Morgan fingerprint density at radius 1 is 1.19 bits per heavy atom. The predicted octanol–water partition coefficient (Wildman–Crippen LogP) is 2.52. The van der Waals surface area contributed by atoms with Gasteiger partial charge < -0.3 is 14.5 Å². The molecule has 0 saturated carbocycles. The van der Waals surface area contributed by atoms with E-state index in [0.717, 1.165) is 48.1 Å². The van der Waals surface area contributed by atoms with E-state index in [1.807, 2.05) is 4.90 Å². The average molecular weight is 378 g/mol. The number of likely N-dealkylation sites (tertiary alicyclic amines) is 1. The van der Waals surface area contributed by atoms with Crippen molar-refractivity contribution in [1.29, 1.82) is 0 Å². The highest BCUT2D eigenvalue weighted by molar-refractivity contribution is 7.17. The van der Waals surface area contributed by atoms with Gasteiger partial charge in [0.15, 0.2) is 10.9 Å². The molecule has 6 nitrogen and oxygen atoms in total. The van der Waals surface area contributed by atoms with Gasteiger partial charge in [0.2, 0.25) is 5.91 Å². The minimum Gasteiger partial charge on any atom is -0.377 e. The van der Waals surface area contributed by atoms with Gasteiger partial charge >= 0.3 is 0 Å². The van der Waals surface area contributed by atoms with Crippen LogP contribution in [0.3, 0.4) is 0 Å². The Morgan fingerprint density at radius 2 is 1.96 bits per heavy atom.